The van der Waals surface area contributed by atoms with Crippen molar-refractivity contribution < 1.29 is 4.74 Å². The zero-order valence-electron chi connectivity index (χ0n) is 14.6. The minimum atomic E-state index is 0.306. The molecule has 0 atom stereocenters. The quantitative estimate of drug-likeness (QED) is 0.698. The normalized spacial score (nSPS) is 22.8. The van der Waals surface area contributed by atoms with E-state index >= 15 is 0 Å². The summed E-state index contributed by atoms with van der Waals surface area (Å²) < 4.78 is 8.40. The van der Waals surface area contributed by atoms with Crippen LogP contribution in [0.25, 0.3) is 5.65 Å². The maximum atomic E-state index is 6.26. The summed E-state index contributed by atoms with van der Waals surface area (Å²) in [6, 6.07) is 12.8. The van der Waals surface area contributed by atoms with E-state index in [-0.39, 0.29) is 0 Å². The Morgan fingerprint density at radius 2 is 1.88 bits per heavy atom. The fourth-order valence-electron chi connectivity index (χ4n) is 3.80. The van der Waals surface area contributed by atoms with Crippen LogP contribution < -0.4 is 4.74 Å². The van der Waals surface area contributed by atoms with E-state index in [2.05, 4.69) is 64.1 Å². The highest BCUT2D eigenvalue weighted by atomic mass is 16.5. The van der Waals surface area contributed by atoms with Crippen LogP contribution in [0.2, 0.25) is 0 Å². The number of hydrogen-bond acceptors (Lipinski definition) is 3. The summed E-state index contributed by atoms with van der Waals surface area (Å²) >= 11 is 0. The monoisotopic (exact) mass is 333 g/mol. The lowest BCUT2D eigenvalue weighted by Crippen LogP contribution is -2.32. The second-order valence-electron chi connectivity index (χ2n) is 7.58. The van der Waals surface area contributed by atoms with Crippen LogP contribution in [0.15, 0.2) is 42.6 Å². The molecule has 25 heavy (non-hydrogen) atoms. The highest BCUT2D eigenvalue weighted by Crippen LogP contribution is 2.40. The van der Waals surface area contributed by atoms with Crippen LogP contribution in [0.5, 0.6) is 5.75 Å². The van der Waals surface area contributed by atoms with E-state index in [0.29, 0.717) is 12.0 Å². The minimum Gasteiger partial charge on any atom is -0.490 e. The van der Waals surface area contributed by atoms with Gasteiger partial charge in [-0.2, -0.15) is 0 Å². The third-order valence-corrected chi connectivity index (χ3v) is 5.67. The molecule has 4 nitrogen and oxygen atoms in total. The molecule has 2 aliphatic rings. The third-order valence-electron chi connectivity index (χ3n) is 5.67. The predicted molar refractivity (Wildman–Crippen MR) is 97.0 cm³/mol. The van der Waals surface area contributed by atoms with Gasteiger partial charge in [0, 0.05) is 18.2 Å². The molecule has 2 heterocycles. The van der Waals surface area contributed by atoms with Crippen molar-refractivity contribution in [2.45, 2.75) is 51.0 Å². The first kappa shape index (κ1) is 14.9. The van der Waals surface area contributed by atoms with Crippen molar-refractivity contribution in [3.8, 4) is 5.75 Å². The van der Waals surface area contributed by atoms with Gasteiger partial charge < -0.3 is 4.74 Å². The Labute approximate surface area is 147 Å². The van der Waals surface area contributed by atoms with Crippen molar-refractivity contribution in [3.05, 3.63) is 59.5 Å². The van der Waals surface area contributed by atoms with E-state index in [1.165, 1.54) is 18.4 Å². The first-order valence-corrected chi connectivity index (χ1v) is 9.33. The van der Waals surface area contributed by atoms with E-state index in [4.69, 9.17) is 4.74 Å². The molecule has 2 aromatic heterocycles. The van der Waals surface area contributed by atoms with Crippen molar-refractivity contribution in [3.63, 3.8) is 0 Å². The summed E-state index contributed by atoms with van der Waals surface area (Å²) in [4.78, 5) is 0. The largest absolute Gasteiger partial charge is 0.490 e. The van der Waals surface area contributed by atoms with Crippen LogP contribution in [-0.2, 0) is 6.42 Å². The van der Waals surface area contributed by atoms with Crippen LogP contribution in [0.4, 0.5) is 0 Å². The number of fused-ring (bicyclic) bond motifs is 1. The van der Waals surface area contributed by atoms with E-state index in [1.807, 2.05) is 0 Å². The fourth-order valence-corrected chi connectivity index (χ4v) is 3.80. The summed E-state index contributed by atoms with van der Waals surface area (Å²) in [5, 5.41) is 8.81. The molecule has 4 heteroatoms. The maximum Gasteiger partial charge on any atom is 0.167 e. The second-order valence-corrected chi connectivity index (χ2v) is 7.58. The first-order chi connectivity index (χ1) is 12.3. The Balaban J connectivity index is 1.30. The SMILES string of the molecule is Cc1c(OC2CC(c3ccccc3)C2)ccn2c(CC3CC3)nnc12. The van der Waals surface area contributed by atoms with Crippen LogP contribution in [0, 0.1) is 12.8 Å². The predicted octanol–water partition coefficient (Wildman–Crippen LogP) is 4.32. The van der Waals surface area contributed by atoms with Gasteiger partial charge >= 0.3 is 0 Å². The molecular weight excluding hydrogens is 310 g/mol. The van der Waals surface area contributed by atoms with Gasteiger partial charge in [0.2, 0.25) is 0 Å². The van der Waals surface area contributed by atoms with E-state index in [9.17, 15) is 0 Å². The van der Waals surface area contributed by atoms with Crippen molar-refractivity contribution in [1.29, 1.82) is 0 Å². The van der Waals surface area contributed by atoms with Gasteiger partial charge in [-0.1, -0.05) is 30.3 Å². The van der Waals surface area contributed by atoms with Gasteiger partial charge in [0.15, 0.2) is 5.65 Å². The summed E-state index contributed by atoms with van der Waals surface area (Å²) in [7, 11) is 0. The molecule has 0 saturated heterocycles. The van der Waals surface area contributed by atoms with Gasteiger partial charge in [-0.3, -0.25) is 4.40 Å². The first-order valence-electron chi connectivity index (χ1n) is 9.33. The number of pyridine rings is 1. The molecule has 2 fully saturated rings. The number of hydrogen-bond donors (Lipinski definition) is 0. The van der Waals surface area contributed by atoms with E-state index < -0.39 is 0 Å². The molecule has 0 spiro atoms. The highest BCUT2D eigenvalue weighted by Gasteiger charge is 2.32. The maximum absolute atomic E-state index is 6.26. The van der Waals surface area contributed by atoms with Crippen molar-refractivity contribution in [1.82, 2.24) is 14.6 Å². The van der Waals surface area contributed by atoms with Gasteiger partial charge in [-0.25, -0.2) is 0 Å². The van der Waals surface area contributed by atoms with Gasteiger partial charge in [-0.15, -0.1) is 10.2 Å². The van der Waals surface area contributed by atoms with Gasteiger partial charge in [0.25, 0.3) is 0 Å². The van der Waals surface area contributed by atoms with Gasteiger partial charge in [-0.05, 0) is 56.1 Å². The highest BCUT2D eigenvalue weighted by molar-refractivity contribution is 5.54. The fraction of sp³-hybridized carbons (Fsp3) is 0.429. The summed E-state index contributed by atoms with van der Waals surface area (Å²) in [5.41, 5.74) is 3.46. The number of aromatic nitrogens is 3. The van der Waals surface area contributed by atoms with Crippen LogP contribution >= 0.6 is 0 Å². The standard InChI is InChI=1S/C21H23N3O/c1-14-19(25-18-12-17(13-18)16-5-3-2-4-6-16)9-10-24-20(11-15-7-8-15)22-23-21(14)24/h2-6,9-10,15,17-18H,7-8,11-13H2,1H3. The molecule has 0 amide bonds. The Bertz CT molecular complexity index is 892. The van der Waals surface area contributed by atoms with Crippen molar-refractivity contribution in [2.75, 3.05) is 0 Å². The van der Waals surface area contributed by atoms with E-state index in [0.717, 1.165) is 48.0 Å². The van der Waals surface area contributed by atoms with E-state index in [1.54, 1.807) is 0 Å². The Kier molecular flexibility index (Phi) is 3.51. The summed E-state index contributed by atoms with van der Waals surface area (Å²) in [6.45, 7) is 2.09. The van der Waals surface area contributed by atoms with Crippen molar-refractivity contribution >= 4 is 5.65 Å². The van der Waals surface area contributed by atoms with Crippen LogP contribution in [-0.4, -0.2) is 20.7 Å². The van der Waals surface area contributed by atoms with Crippen LogP contribution in [0.3, 0.4) is 0 Å². The lowest BCUT2D eigenvalue weighted by molar-refractivity contribution is 0.0978. The molecule has 0 radical (unpaired) electrons. The molecule has 0 bridgehead atoms. The number of nitrogens with zero attached hydrogens (tertiary/aromatic N) is 3. The Morgan fingerprint density at radius 1 is 1.08 bits per heavy atom. The molecule has 5 rings (SSSR count). The zero-order valence-corrected chi connectivity index (χ0v) is 14.6. The van der Waals surface area contributed by atoms with Crippen LogP contribution in [0.1, 0.15) is 48.6 Å². The average molecular weight is 333 g/mol. The molecular formula is C21H23N3O. The van der Waals surface area contributed by atoms with Crippen molar-refractivity contribution in [2.24, 2.45) is 5.92 Å². The molecule has 2 aliphatic carbocycles. The second kappa shape index (κ2) is 5.87. The molecule has 0 N–H and O–H groups in total. The van der Waals surface area contributed by atoms with Gasteiger partial charge in [0.1, 0.15) is 11.6 Å². The third kappa shape index (κ3) is 2.80. The number of ether oxygens (including phenoxy) is 1. The molecule has 0 unspecified atom stereocenters. The Hall–Kier alpha value is -2.36. The zero-order chi connectivity index (χ0) is 16.8. The van der Waals surface area contributed by atoms with Gasteiger partial charge in [0.05, 0.1) is 6.10 Å². The Morgan fingerprint density at radius 3 is 2.64 bits per heavy atom. The number of aryl methyl sites for hydroxylation is 1. The molecule has 2 saturated carbocycles. The topological polar surface area (TPSA) is 39.4 Å². The molecule has 1 aromatic carbocycles. The number of benzene rings is 1. The lowest BCUT2D eigenvalue weighted by atomic mass is 9.77. The average Bonchev–Trinajstić information content (AvgIpc) is 3.32. The minimum absolute atomic E-state index is 0.306. The summed E-state index contributed by atoms with van der Waals surface area (Å²) in [5.74, 6) is 3.48. The molecule has 128 valence electrons. The molecule has 3 aromatic rings. The summed E-state index contributed by atoms with van der Waals surface area (Å²) in [6.07, 6.45) is 8.27. The lowest BCUT2D eigenvalue weighted by Gasteiger charge is -2.36. The smallest absolute Gasteiger partial charge is 0.167 e. The molecule has 0 aliphatic heterocycles. The number of rotatable bonds is 5.